The average molecular weight is 162 g/mol. The molecule has 0 aliphatic carbocycles. The van der Waals surface area contributed by atoms with Crippen LogP contribution >= 0.6 is 0 Å². The quantitative estimate of drug-likeness (QED) is 0.362. The summed E-state index contributed by atoms with van der Waals surface area (Å²) < 4.78 is 16.2. The number of hydrogen-bond donors (Lipinski definition) is 1. The van der Waals surface area contributed by atoms with E-state index < -0.39 is 18.1 Å². The van der Waals surface area contributed by atoms with Gasteiger partial charge in [-0.3, -0.25) is 0 Å². The van der Waals surface area contributed by atoms with Gasteiger partial charge in [-0.15, -0.1) is 0 Å². The molecular formula is C6H7FO4. The molecule has 11 heavy (non-hydrogen) atoms. The van der Waals surface area contributed by atoms with Crippen molar-refractivity contribution in [2.75, 3.05) is 6.61 Å². The third-order valence-electron chi connectivity index (χ3n) is 0.767. The van der Waals surface area contributed by atoms with Gasteiger partial charge in [0.05, 0.1) is 0 Å². The predicted molar refractivity (Wildman–Crippen MR) is 33.7 cm³/mol. The Morgan fingerprint density at radius 3 is 2.64 bits per heavy atom. The fraction of sp³-hybridized carbons (Fsp3) is 0.333. The second-order valence-electron chi connectivity index (χ2n) is 1.62. The van der Waals surface area contributed by atoms with Gasteiger partial charge < -0.3 is 9.84 Å². The van der Waals surface area contributed by atoms with Crippen molar-refractivity contribution >= 4 is 11.9 Å². The van der Waals surface area contributed by atoms with Gasteiger partial charge in [-0.25, -0.2) is 14.0 Å². The topological polar surface area (TPSA) is 63.6 Å². The van der Waals surface area contributed by atoms with Crippen molar-refractivity contribution < 1.29 is 23.8 Å². The van der Waals surface area contributed by atoms with Crippen molar-refractivity contribution in [3.63, 3.8) is 0 Å². The van der Waals surface area contributed by atoms with Crippen LogP contribution in [0.1, 0.15) is 0 Å². The lowest BCUT2D eigenvalue weighted by molar-refractivity contribution is -0.159. The van der Waals surface area contributed by atoms with Gasteiger partial charge in [0.1, 0.15) is 6.61 Å². The molecule has 0 aromatic rings. The van der Waals surface area contributed by atoms with E-state index in [1.807, 2.05) is 0 Å². The number of rotatable bonds is 4. The Labute approximate surface area is 62.3 Å². The maximum atomic E-state index is 12.1. The highest BCUT2D eigenvalue weighted by atomic mass is 19.1. The molecule has 0 aliphatic rings. The van der Waals surface area contributed by atoms with Crippen molar-refractivity contribution in [3.8, 4) is 0 Å². The van der Waals surface area contributed by atoms with E-state index in [0.717, 1.165) is 0 Å². The summed E-state index contributed by atoms with van der Waals surface area (Å²) >= 11 is 0. The molecule has 0 amide bonds. The molecule has 1 unspecified atom stereocenters. The summed E-state index contributed by atoms with van der Waals surface area (Å²) in [5.74, 6) is -3.25. The van der Waals surface area contributed by atoms with Crippen molar-refractivity contribution in [1.82, 2.24) is 0 Å². The molecule has 4 nitrogen and oxygen atoms in total. The number of esters is 1. The molecule has 0 rings (SSSR count). The summed E-state index contributed by atoms with van der Waals surface area (Å²) in [7, 11) is 0. The first-order valence-electron chi connectivity index (χ1n) is 2.74. The number of carbonyl (C=O) groups excluding carboxylic acids is 1. The molecule has 0 radical (unpaired) electrons. The number of halogens is 1. The Hall–Kier alpha value is -1.39. The lowest BCUT2D eigenvalue weighted by Gasteiger charge is -2.01. The van der Waals surface area contributed by atoms with Crippen molar-refractivity contribution in [3.05, 3.63) is 12.7 Å². The molecule has 0 fully saturated rings. The number of hydrogen-bond acceptors (Lipinski definition) is 3. The minimum Gasteiger partial charge on any atom is -0.479 e. The summed E-state index contributed by atoms with van der Waals surface area (Å²) in [6.45, 7) is 3.00. The average Bonchev–Trinajstić information content (AvgIpc) is 1.98. The SMILES string of the molecule is C=CCOC(=O)C(F)C(=O)O. The molecule has 0 heterocycles. The summed E-state index contributed by atoms with van der Waals surface area (Å²) in [6, 6.07) is 0. The third-order valence-corrected chi connectivity index (χ3v) is 0.767. The smallest absolute Gasteiger partial charge is 0.352 e. The molecule has 5 heteroatoms. The maximum absolute atomic E-state index is 12.1. The number of aliphatic carboxylic acids is 1. The Morgan fingerprint density at radius 2 is 2.27 bits per heavy atom. The zero-order valence-corrected chi connectivity index (χ0v) is 5.62. The highest BCUT2D eigenvalue weighted by Gasteiger charge is 2.26. The summed E-state index contributed by atoms with van der Waals surface area (Å²) in [5.41, 5.74) is 0. The number of carboxylic acids is 1. The molecular weight excluding hydrogens is 155 g/mol. The number of carboxylic acid groups (broad SMARTS) is 1. The monoisotopic (exact) mass is 162 g/mol. The van der Waals surface area contributed by atoms with Crippen LogP contribution in [0, 0.1) is 0 Å². The van der Waals surface area contributed by atoms with Gasteiger partial charge in [0, 0.05) is 0 Å². The Balaban J connectivity index is 3.82. The third kappa shape index (κ3) is 3.34. The Kier molecular flexibility index (Phi) is 3.87. The highest BCUT2D eigenvalue weighted by molar-refractivity contribution is 5.96. The minimum atomic E-state index is -2.60. The van der Waals surface area contributed by atoms with Crippen LogP contribution in [0.4, 0.5) is 4.39 Å². The van der Waals surface area contributed by atoms with E-state index in [1.165, 1.54) is 6.08 Å². The molecule has 0 aromatic heterocycles. The van der Waals surface area contributed by atoms with Crippen LogP contribution in [0.25, 0.3) is 0 Å². The van der Waals surface area contributed by atoms with Crippen LogP contribution in [0.5, 0.6) is 0 Å². The molecule has 0 bridgehead atoms. The van der Waals surface area contributed by atoms with E-state index in [9.17, 15) is 14.0 Å². The standard InChI is InChI=1S/C6H7FO4/c1-2-3-11-6(10)4(7)5(8)9/h2,4H,1,3H2,(H,8,9). The summed E-state index contributed by atoms with van der Waals surface area (Å²) in [5, 5.41) is 7.95. The molecule has 0 aromatic carbocycles. The van der Waals surface area contributed by atoms with Crippen LogP contribution < -0.4 is 0 Å². The van der Waals surface area contributed by atoms with Crippen molar-refractivity contribution in [2.24, 2.45) is 0 Å². The van der Waals surface area contributed by atoms with E-state index in [1.54, 1.807) is 0 Å². The summed E-state index contributed by atoms with van der Waals surface area (Å²) in [4.78, 5) is 20.1. The van der Waals surface area contributed by atoms with Crippen molar-refractivity contribution in [2.45, 2.75) is 6.17 Å². The van der Waals surface area contributed by atoms with Gasteiger partial charge in [0.25, 0.3) is 6.17 Å². The molecule has 1 atom stereocenters. The normalized spacial score (nSPS) is 11.7. The lowest BCUT2D eigenvalue weighted by atomic mass is 10.4. The molecule has 0 spiro atoms. The zero-order valence-electron chi connectivity index (χ0n) is 5.62. The van der Waals surface area contributed by atoms with Crippen LogP contribution in [-0.4, -0.2) is 29.8 Å². The zero-order chi connectivity index (χ0) is 8.85. The van der Waals surface area contributed by atoms with Gasteiger partial charge in [-0.2, -0.15) is 0 Å². The molecule has 62 valence electrons. The first-order valence-corrected chi connectivity index (χ1v) is 2.74. The molecule has 0 saturated heterocycles. The second-order valence-corrected chi connectivity index (χ2v) is 1.62. The van der Waals surface area contributed by atoms with Gasteiger partial charge in [-0.05, 0) is 0 Å². The maximum Gasteiger partial charge on any atom is 0.352 e. The Bertz CT molecular complexity index is 177. The minimum absolute atomic E-state index is 0.188. The number of carbonyl (C=O) groups is 2. The van der Waals surface area contributed by atoms with Gasteiger partial charge in [0.15, 0.2) is 0 Å². The summed E-state index contributed by atoms with van der Waals surface area (Å²) in [6.07, 6.45) is -1.39. The van der Waals surface area contributed by atoms with Crippen LogP contribution in [0.3, 0.4) is 0 Å². The Morgan fingerprint density at radius 1 is 1.73 bits per heavy atom. The van der Waals surface area contributed by atoms with E-state index in [-0.39, 0.29) is 6.61 Å². The second kappa shape index (κ2) is 4.43. The predicted octanol–water partition coefficient (Wildman–Crippen LogP) is 0.138. The van der Waals surface area contributed by atoms with E-state index >= 15 is 0 Å². The van der Waals surface area contributed by atoms with Gasteiger partial charge in [0.2, 0.25) is 0 Å². The fourth-order valence-corrected chi connectivity index (χ4v) is 0.315. The van der Waals surface area contributed by atoms with Gasteiger partial charge >= 0.3 is 11.9 Å². The van der Waals surface area contributed by atoms with Crippen molar-refractivity contribution in [1.29, 1.82) is 0 Å². The number of alkyl halides is 1. The van der Waals surface area contributed by atoms with E-state index in [2.05, 4.69) is 11.3 Å². The van der Waals surface area contributed by atoms with Crippen LogP contribution in [0.15, 0.2) is 12.7 Å². The molecule has 1 N–H and O–H groups in total. The van der Waals surface area contributed by atoms with Crippen LogP contribution in [-0.2, 0) is 14.3 Å². The van der Waals surface area contributed by atoms with E-state index in [0.29, 0.717) is 0 Å². The fourth-order valence-electron chi connectivity index (χ4n) is 0.315. The highest BCUT2D eigenvalue weighted by Crippen LogP contribution is 1.94. The van der Waals surface area contributed by atoms with E-state index in [4.69, 9.17) is 5.11 Å². The van der Waals surface area contributed by atoms with Crippen LogP contribution in [0.2, 0.25) is 0 Å². The largest absolute Gasteiger partial charge is 0.479 e. The van der Waals surface area contributed by atoms with Gasteiger partial charge in [-0.1, -0.05) is 12.7 Å². The lowest BCUT2D eigenvalue weighted by Crippen LogP contribution is -2.27. The first kappa shape index (κ1) is 9.61. The first-order chi connectivity index (χ1) is 5.09. The number of ether oxygens (including phenoxy) is 1. The molecule has 0 saturated carbocycles. The molecule has 0 aliphatic heterocycles.